The maximum absolute atomic E-state index is 5.54. The van der Waals surface area contributed by atoms with Gasteiger partial charge in [0.2, 0.25) is 0 Å². The minimum absolute atomic E-state index is 0.616. The molecule has 0 saturated heterocycles. The van der Waals surface area contributed by atoms with Gasteiger partial charge in [0.25, 0.3) is 6.01 Å². The smallest absolute Gasteiger partial charge is 0.297 e. The molecule has 1 heterocycles. The van der Waals surface area contributed by atoms with Gasteiger partial charge in [-0.1, -0.05) is 19.8 Å². The second kappa shape index (κ2) is 6.05. The highest BCUT2D eigenvalue weighted by Gasteiger charge is 2.22. The maximum atomic E-state index is 5.54. The molecule has 96 valence electrons. The summed E-state index contributed by atoms with van der Waals surface area (Å²) < 4.78 is 5.54. The molecule has 0 bridgehead atoms. The summed E-state index contributed by atoms with van der Waals surface area (Å²) in [5.41, 5.74) is 0.998. The van der Waals surface area contributed by atoms with Gasteiger partial charge in [0.05, 0.1) is 5.69 Å². The molecule has 0 unspecified atom stereocenters. The number of nitrogens with zero attached hydrogens (tertiary/aromatic N) is 2. The molecule has 4 nitrogen and oxygen atoms in total. The van der Waals surface area contributed by atoms with Gasteiger partial charge in [0.1, 0.15) is 6.26 Å². The molecular formula is C13H23N3O. The minimum Gasteiger partial charge on any atom is -0.432 e. The lowest BCUT2D eigenvalue weighted by molar-refractivity contribution is 0.512. The fourth-order valence-electron chi connectivity index (χ4n) is 2.38. The Bertz CT molecular complexity index is 331. The molecule has 0 spiro atoms. The standard InChI is InChI=1S/C13H23N3O/c1-3-8-14-9-11-10-17-13(15-11)16(2)12-6-4-5-7-12/h10,12,14H,3-9H2,1-2H3. The van der Waals surface area contributed by atoms with E-state index in [0.717, 1.165) is 31.2 Å². The van der Waals surface area contributed by atoms with Crippen LogP contribution in [0.1, 0.15) is 44.7 Å². The third kappa shape index (κ3) is 3.22. The molecule has 1 aliphatic rings. The van der Waals surface area contributed by atoms with E-state index in [0.29, 0.717) is 6.04 Å². The number of oxazole rings is 1. The second-order valence-electron chi connectivity index (χ2n) is 4.85. The van der Waals surface area contributed by atoms with E-state index in [2.05, 4.69) is 29.2 Å². The summed E-state index contributed by atoms with van der Waals surface area (Å²) in [5.74, 6) is 0. The largest absolute Gasteiger partial charge is 0.432 e. The van der Waals surface area contributed by atoms with Crippen molar-refractivity contribution in [3.63, 3.8) is 0 Å². The Labute approximate surface area is 103 Å². The Morgan fingerprint density at radius 2 is 2.24 bits per heavy atom. The van der Waals surface area contributed by atoms with Crippen LogP contribution >= 0.6 is 0 Å². The van der Waals surface area contributed by atoms with E-state index in [1.807, 2.05) is 0 Å². The zero-order valence-corrected chi connectivity index (χ0v) is 10.9. The first kappa shape index (κ1) is 12.4. The van der Waals surface area contributed by atoms with Crippen molar-refractivity contribution in [2.45, 2.75) is 51.6 Å². The molecule has 1 aliphatic carbocycles. The van der Waals surface area contributed by atoms with Gasteiger partial charge in [0, 0.05) is 19.6 Å². The predicted octanol–water partition coefficient (Wildman–Crippen LogP) is 2.55. The van der Waals surface area contributed by atoms with Crippen molar-refractivity contribution in [3.8, 4) is 0 Å². The third-order valence-corrected chi connectivity index (χ3v) is 3.45. The van der Waals surface area contributed by atoms with E-state index in [4.69, 9.17) is 4.42 Å². The van der Waals surface area contributed by atoms with Gasteiger partial charge in [0.15, 0.2) is 0 Å². The lowest BCUT2D eigenvalue weighted by Crippen LogP contribution is -2.29. The zero-order chi connectivity index (χ0) is 12.1. The van der Waals surface area contributed by atoms with E-state index >= 15 is 0 Å². The number of rotatable bonds is 6. The van der Waals surface area contributed by atoms with Crippen LogP contribution in [0.5, 0.6) is 0 Å². The zero-order valence-electron chi connectivity index (χ0n) is 10.9. The molecule has 1 aromatic rings. The van der Waals surface area contributed by atoms with Gasteiger partial charge in [-0.25, -0.2) is 0 Å². The van der Waals surface area contributed by atoms with E-state index in [1.165, 1.54) is 25.7 Å². The fourth-order valence-corrected chi connectivity index (χ4v) is 2.38. The van der Waals surface area contributed by atoms with Crippen LogP contribution in [0, 0.1) is 0 Å². The van der Waals surface area contributed by atoms with Crippen LogP contribution in [0.2, 0.25) is 0 Å². The average molecular weight is 237 g/mol. The van der Waals surface area contributed by atoms with Crippen LogP contribution in [0.3, 0.4) is 0 Å². The first-order valence-corrected chi connectivity index (χ1v) is 6.69. The molecule has 17 heavy (non-hydrogen) atoms. The van der Waals surface area contributed by atoms with Crippen molar-refractivity contribution in [2.24, 2.45) is 0 Å². The number of hydrogen-bond donors (Lipinski definition) is 1. The summed E-state index contributed by atoms with van der Waals surface area (Å²) in [6.45, 7) is 3.99. The molecule has 1 aromatic heterocycles. The molecule has 1 fully saturated rings. The summed E-state index contributed by atoms with van der Waals surface area (Å²) >= 11 is 0. The molecular weight excluding hydrogens is 214 g/mol. The van der Waals surface area contributed by atoms with E-state index in [1.54, 1.807) is 6.26 Å². The van der Waals surface area contributed by atoms with Crippen molar-refractivity contribution in [1.29, 1.82) is 0 Å². The predicted molar refractivity (Wildman–Crippen MR) is 69.2 cm³/mol. The molecule has 0 aliphatic heterocycles. The molecule has 0 atom stereocenters. The van der Waals surface area contributed by atoms with Crippen LogP contribution in [0.15, 0.2) is 10.7 Å². The van der Waals surface area contributed by atoms with Crippen molar-refractivity contribution in [3.05, 3.63) is 12.0 Å². The summed E-state index contributed by atoms with van der Waals surface area (Å²) in [4.78, 5) is 6.71. The Morgan fingerprint density at radius 1 is 1.47 bits per heavy atom. The summed E-state index contributed by atoms with van der Waals surface area (Å²) in [7, 11) is 2.09. The first-order valence-electron chi connectivity index (χ1n) is 6.69. The van der Waals surface area contributed by atoms with Crippen LogP contribution in [0.4, 0.5) is 6.01 Å². The third-order valence-electron chi connectivity index (χ3n) is 3.45. The van der Waals surface area contributed by atoms with Gasteiger partial charge < -0.3 is 14.6 Å². The van der Waals surface area contributed by atoms with Gasteiger partial charge >= 0.3 is 0 Å². The SMILES string of the molecule is CCCNCc1coc(N(C)C2CCCC2)n1. The van der Waals surface area contributed by atoms with Crippen LogP contribution in [0.25, 0.3) is 0 Å². The van der Waals surface area contributed by atoms with E-state index in [9.17, 15) is 0 Å². The van der Waals surface area contributed by atoms with Crippen molar-refractivity contribution in [1.82, 2.24) is 10.3 Å². The molecule has 1 N–H and O–H groups in total. The number of aromatic nitrogens is 1. The van der Waals surface area contributed by atoms with Crippen molar-refractivity contribution >= 4 is 6.01 Å². The Kier molecular flexibility index (Phi) is 4.42. The lowest BCUT2D eigenvalue weighted by atomic mass is 10.2. The molecule has 1 saturated carbocycles. The first-order chi connectivity index (χ1) is 8.31. The molecule has 4 heteroatoms. The van der Waals surface area contributed by atoms with Crippen molar-refractivity contribution in [2.75, 3.05) is 18.5 Å². The molecule has 2 rings (SSSR count). The Balaban J connectivity index is 1.88. The molecule has 0 aromatic carbocycles. The monoisotopic (exact) mass is 237 g/mol. The van der Waals surface area contributed by atoms with E-state index in [-0.39, 0.29) is 0 Å². The van der Waals surface area contributed by atoms with Gasteiger partial charge in [-0.15, -0.1) is 0 Å². The maximum Gasteiger partial charge on any atom is 0.297 e. The lowest BCUT2D eigenvalue weighted by Gasteiger charge is -2.21. The second-order valence-corrected chi connectivity index (χ2v) is 4.85. The highest BCUT2D eigenvalue weighted by Crippen LogP contribution is 2.26. The topological polar surface area (TPSA) is 41.3 Å². The van der Waals surface area contributed by atoms with E-state index < -0.39 is 0 Å². The van der Waals surface area contributed by atoms with Crippen molar-refractivity contribution < 1.29 is 4.42 Å². The average Bonchev–Trinajstić information content (AvgIpc) is 3.00. The summed E-state index contributed by atoms with van der Waals surface area (Å²) in [5, 5.41) is 3.33. The number of hydrogen-bond acceptors (Lipinski definition) is 4. The van der Waals surface area contributed by atoms with Crippen LogP contribution < -0.4 is 10.2 Å². The Morgan fingerprint density at radius 3 is 2.94 bits per heavy atom. The normalized spacial score (nSPS) is 16.6. The number of nitrogens with one attached hydrogen (secondary N) is 1. The summed E-state index contributed by atoms with van der Waals surface area (Å²) in [6, 6.07) is 1.38. The van der Waals surface area contributed by atoms with Gasteiger partial charge in [-0.3, -0.25) is 0 Å². The van der Waals surface area contributed by atoms with Crippen LogP contribution in [-0.4, -0.2) is 24.6 Å². The van der Waals surface area contributed by atoms with Crippen LogP contribution in [-0.2, 0) is 6.54 Å². The highest BCUT2D eigenvalue weighted by atomic mass is 16.4. The molecule has 0 radical (unpaired) electrons. The van der Waals surface area contributed by atoms with Gasteiger partial charge in [-0.2, -0.15) is 4.98 Å². The quantitative estimate of drug-likeness (QED) is 0.772. The summed E-state index contributed by atoms with van der Waals surface area (Å²) in [6.07, 6.45) is 8.11. The minimum atomic E-state index is 0.616. The molecule has 0 amide bonds. The Hall–Kier alpha value is -1.03. The van der Waals surface area contributed by atoms with Gasteiger partial charge in [-0.05, 0) is 25.8 Å². The number of anilines is 1. The highest BCUT2D eigenvalue weighted by molar-refractivity contribution is 5.27. The fraction of sp³-hybridized carbons (Fsp3) is 0.769.